The van der Waals surface area contributed by atoms with Crippen molar-refractivity contribution in [2.24, 2.45) is 5.41 Å². The van der Waals surface area contributed by atoms with Crippen LogP contribution < -0.4 is 0 Å². The van der Waals surface area contributed by atoms with E-state index in [1.54, 1.807) is 0 Å². The van der Waals surface area contributed by atoms with Crippen LogP contribution in [-0.4, -0.2) is 14.6 Å². The Hall–Kier alpha value is 0.177. The minimum absolute atomic E-state index is 0.311. The summed E-state index contributed by atoms with van der Waals surface area (Å²) in [5.74, 6) is 0. The summed E-state index contributed by atoms with van der Waals surface area (Å²) < 4.78 is 0. The van der Waals surface area contributed by atoms with Crippen molar-refractivity contribution in [3.8, 4) is 0 Å². The molecule has 0 bridgehead atoms. The predicted molar refractivity (Wildman–Crippen MR) is 51.4 cm³/mol. The summed E-state index contributed by atoms with van der Waals surface area (Å²) in [5.41, 5.74) is 0.395. The Bertz CT molecular complexity index is 144. The second-order valence-electron chi connectivity index (χ2n) is 4.81. The van der Waals surface area contributed by atoms with Crippen molar-refractivity contribution in [3.05, 3.63) is 0 Å². The maximum atomic E-state index is 9.42. The maximum Gasteiger partial charge on any atom is 0.163 e. The van der Waals surface area contributed by atoms with Gasteiger partial charge in [0.25, 0.3) is 0 Å². The highest BCUT2D eigenvalue weighted by atomic mass is 28.2. The minimum Gasteiger partial charge on any atom is -0.438 e. The molecule has 1 nitrogen and oxygen atoms in total. The summed E-state index contributed by atoms with van der Waals surface area (Å²) in [6.45, 7) is 6.91. The zero-order valence-corrected chi connectivity index (χ0v) is 9.40. The van der Waals surface area contributed by atoms with Crippen LogP contribution in [0.2, 0.25) is 5.04 Å². The molecule has 0 spiro atoms. The molecule has 1 atom stereocenters. The highest BCUT2D eigenvalue weighted by Crippen LogP contribution is 2.54. The quantitative estimate of drug-likeness (QED) is 0.598. The van der Waals surface area contributed by atoms with E-state index in [-0.39, 0.29) is 0 Å². The van der Waals surface area contributed by atoms with Gasteiger partial charge in [-0.25, -0.2) is 0 Å². The lowest BCUT2D eigenvalue weighted by Gasteiger charge is -2.46. The summed E-state index contributed by atoms with van der Waals surface area (Å²) in [7, 11) is -0.832. The van der Waals surface area contributed by atoms with E-state index in [0.29, 0.717) is 10.5 Å². The third-order valence-electron chi connectivity index (χ3n) is 3.76. The number of hydrogen-bond donors (Lipinski definition) is 1. The molecule has 1 unspecified atom stereocenters. The van der Waals surface area contributed by atoms with E-state index < -0.39 is 9.76 Å². The van der Waals surface area contributed by atoms with Gasteiger partial charge < -0.3 is 4.80 Å². The van der Waals surface area contributed by atoms with Crippen molar-refractivity contribution in [2.45, 2.75) is 51.5 Å². The van der Waals surface area contributed by atoms with Crippen LogP contribution in [0.4, 0.5) is 0 Å². The largest absolute Gasteiger partial charge is 0.438 e. The van der Waals surface area contributed by atoms with E-state index in [0.717, 1.165) is 0 Å². The summed E-state index contributed by atoms with van der Waals surface area (Å²) in [5, 5.41) is 0.311. The van der Waals surface area contributed by atoms with Crippen LogP contribution in [0, 0.1) is 5.41 Å². The van der Waals surface area contributed by atoms with Crippen molar-refractivity contribution in [1.82, 2.24) is 0 Å². The molecular formula is C9H20OSi. The standard InChI is InChI=1S/C9H20OSi/c1-8(2)6-4-5-7-9(8,3)11-10/h10H,4-7,11H2,1-3H3. The molecule has 1 saturated carbocycles. The van der Waals surface area contributed by atoms with Crippen LogP contribution in [0.15, 0.2) is 0 Å². The average Bonchev–Trinajstić information content (AvgIpc) is 1.95. The molecule has 0 heterocycles. The van der Waals surface area contributed by atoms with Gasteiger partial charge in [-0.2, -0.15) is 0 Å². The zero-order valence-electron chi connectivity index (χ0n) is 7.98. The average molecular weight is 172 g/mol. The van der Waals surface area contributed by atoms with Gasteiger partial charge in [-0.3, -0.25) is 0 Å². The number of rotatable bonds is 1. The molecule has 0 amide bonds. The molecule has 0 aromatic rings. The van der Waals surface area contributed by atoms with Gasteiger partial charge in [-0.05, 0) is 23.3 Å². The Labute approximate surface area is 72.1 Å². The van der Waals surface area contributed by atoms with Crippen LogP contribution in [-0.2, 0) is 0 Å². The molecule has 11 heavy (non-hydrogen) atoms. The van der Waals surface area contributed by atoms with E-state index in [4.69, 9.17) is 0 Å². The van der Waals surface area contributed by atoms with Gasteiger partial charge in [0, 0.05) is 0 Å². The fraction of sp³-hybridized carbons (Fsp3) is 1.00. The van der Waals surface area contributed by atoms with Gasteiger partial charge >= 0.3 is 0 Å². The normalized spacial score (nSPS) is 38.2. The summed E-state index contributed by atoms with van der Waals surface area (Å²) in [6, 6.07) is 0. The van der Waals surface area contributed by atoms with Gasteiger partial charge in [0.05, 0.1) is 0 Å². The van der Waals surface area contributed by atoms with Gasteiger partial charge in [-0.15, -0.1) is 0 Å². The Morgan fingerprint density at radius 2 is 1.64 bits per heavy atom. The zero-order chi connectivity index (χ0) is 8.54. The molecule has 1 rings (SSSR count). The van der Waals surface area contributed by atoms with Crippen molar-refractivity contribution in [1.29, 1.82) is 0 Å². The van der Waals surface area contributed by atoms with Crippen molar-refractivity contribution in [3.63, 3.8) is 0 Å². The van der Waals surface area contributed by atoms with Crippen molar-refractivity contribution >= 4 is 9.76 Å². The Morgan fingerprint density at radius 3 is 2.00 bits per heavy atom. The van der Waals surface area contributed by atoms with Crippen LogP contribution in [0.5, 0.6) is 0 Å². The highest BCUT2D eigenvalue weighted by molar-refractivity contribution is 6.30. The van der Waals surface area contributed by atoms with Crippen LogP contribution in [0.3, 0.4) is 0 Å². The molecule has 0 saturated heterocycles. The molecule has 1 aliphatic rings. The molecular weight excluding hydrogens is 152 g/mol. The van der Waals surface area contributed by atoms with E-state index in [1.165, 1.54) is 25.7 Å². The molecule has 0 aliphatic heterocycles. The van der Waals surface area contributed by atoms with E-state index in [1.807, 2.05) is 0 Å². The highest BCUT2D eigenvalue weighted by Gasteiger charge is 2.42. The Balaban J connectivity index is 2.74. The topological polar surface area (TPSA) is 20.2 Å². The third kappa shape index (κ3) is 1.52. The Kier molecular flexibility index (Phi) is 2.45. The molecule has 0 radical (unpaired) electrons. The molecule has 1 aliphatic carbocycles. The van der Waals surface area contributed by atoms with E-state index in [9.17, 15) is 4.80 Å². The fourth-order valence-corrected chi connectivity index (χ4v) is 3.03. The fourth-order valence-electron chi connectivity index (χ4n) is 2.02. The molecule has 66 valence electrons. The lowest BCUT2D eigenvalue weighted by atomic mass is 9.69. The molecule has 1 N–H and O–H groups in total. The summed E-state index contributed by atoms with van der Waals surface area (Å²) in [6.07, 6.45) is 5.24. The summed E-state index contributed by atoms with van der Waals surface area (Å²) >= 11 is 0. The van der Waals surface area contributed by atoms with Crippen LogP contribution >= 0.6 is 0 Å². The first-order valence-corrected chi connectivity index (χ1v) is 5.97. The van der Waals surface area contributed by atoms with Gasteiger partial charge in [0.1, 0.15) is 0 Å². The molecule has 0 aromatic carbocycles. The first-order chi connectivity index (χ1) is 5.02. The first-order valence-electron chi connectivity index (χ1n) is 4.63. The van der Waals surface area contributed by atoms with Gasteiger partial charge in [-0.1, -0.05) is 33.6 Å². The minimum atomic E-state index is -0.832. The second kappa shape index (κ2) is 2.90. The first kappa shape index (κ1) is 9.27. The van der Waals surface area contributed by atoms with Gasteiger partial charge in [0.2, 0.25) is 0 Å². The molecule has 0 aromatic heterocycles. The van der Waals surface area contributed by atoms with Gasteiger partial charge in [0.15, 0.2) is 9.76 Å². The lowest BCUT2D eigenvalue weighted by molar-refractivity contribution is 0.157. The molecule has 1 fully saturated rings. The van der Waals surface area contributed by atoms with E-state index >= 15 is 0 Å². The molecule has 2 heteroatoms. The third-order valence-corrected chi connectivity index (χ3v) is 5.77. The predicted octanol–water partition coefficient (Wildman–Crippen LogP) is 1.84. The van der Waals surface area contributed by atoms with E-state index in [2.05, 4.69) is 20.8 Å². The monoisotopic (exact) mass is 172 g/mol. The van der Waals surface area contributed by atoms with Crippen LogP contribution in [0.1, 0.15) is 46.5 Å². The lowest BCUT2D eigenvalue weighted by Crippen LogP contribution is -2.36. The maximum absolute atomic E-state index is 9.42. The SMILES string of the molecule is CC1(C)CCCCC1(C)[SiH2]O. The second-order valence-corrected chi connectivity index (χ2v) is 6.69. The number of hydrogen-bond acceptors (Lipinski definition) is 1. The van der Waals surface area contributed by atoms with Crippen molar-refractivity contribution in [2.75, 3.05) is 0 Å². The van der Waals surface area contributed by atoms with Crippen molar-refractivity contribution < 1.29 is 4.80 Å². The summed E-state index contributed by atoms with van der Waals surface area (Å²) in [4.78, 5) is 9.42. The smallest absolute Gasteiger partial charge is 0.163 e. The van der Waals surface area contributed by atoms with Crippen LogP contribution in [0.25, 0.3) is 0 Å². The Morgan fingerprint density at radius 1 is 1.09 bits per heavy atom.